The monoisotopic (exact) mass is 336 g/mol. The number of ether oxygens (including phenoxy) is 2. The van der Waals surface area contributed by atoms with Gasteiger partial charge in [0.05, 0.1) is 24.2 Å². The predicted molar refractivity (Wildman–Crippen MR) is 88.2 cm³/mol. The van der Waals surface area contributed by atoms with Gasteiger partial charge in [0, 0.05) is 25.2 Å². The van der Waals surface area contributed by atoms with Gasteiger partial charge in [-0.15, -0.1) is 0 Å². The van der Waals surface area contributed by atoms with Gasteiger partial charge in [0.15, 0.2) is 11.5 Å². The molecule has 2 rings (SSSR count). The van der Waals surface area contributed by atoms with Crippen molar-refractivity contribution in [2.75, 3.05) is 14.2 Å². The number of nitrogens with one attached hydrogen (secondary N) is 1. The topological polar surface area (TPSA) is 73.6 Å². The summed E-state index contributed by atoms with van der Waals surface area (Å²) in [4.78, 5) is 10.2. The third-order valence-electron chi connectivity index (χ3n) is 3.30. The molecule has 1 N–H and O–H groups in total. The van der Waals surface area contributed by atoms with E-state index in [1.54, 1.807) is 19.2 Å². The van der Waals surface area contributed by atoms with E-state index in [-0.39, 0.29) is 5.69 Å². The van der Waals surface area contributed by atoms with Crippen LogP contribution in [0.4, 0.5) is 5.69 Å². The fraction of sp³-hybridized carbons (Fsp3) is 0.250. The molecule has 0 heterocycles. The van der Waals surface area contributed by atoms with E-state index in [4.69, 9.17) is 21.1 Å². The Kier molecular flexibility index (Phi) is 5.78. The molecule has 0 spiro atoms. The Morgan fingerprint density at radius 1 is 1.09 bits per heavy atom. The molecule has 6 nitrogen and oxygen atoms in total. The molecule has 0 aliphatic heterocycles. The highest BCUT2D eigenvalue weighted by Crippen LogP contribution is 2.35. The van der Waals surface area contributed by atoms with Crippen molar-refractivity contribution < 1.29 is 14.4 Å². The second kappa shape index (κ2) is 7.80. The molecule has 2 aromatic rings. The smallest absolute Gasteiger partial charge is 0.269 e. The van der Waals surface area contributed by atoms with E-state index in [0.717, 1.165) is 11.1 Å². The summed E-state index contributed by atoms with van der Waals surface area (Å²) >= 11 is 6.16. The largest absolute Gasteiger partial charge is 0.493 e. The first-order valence-electron chi connectivity index (χ1n) is 6.89. The van der Waals surface area contributed by atoms with Crippen LogP contribution in [0, 0.1) is 10.1 Å². The lowest BCUT2D eigenvalue weighted by Gasteiger charge is -2.12. The number of nitro benzene ring substituents is 1. The number of benzene rings is 2. The molecule has 0 aliphatic carbocycles. The summed E-state index contributed by atoms with van der Waals surface area (Å²) in [7, 11) is 3.10. The van der Waals surface area contributed by atoms with Crippen LogP contribution in [0.3, 0.4) is 0 Å². The molecule has 122 valence electrons. The first kappa shape index (κ1) is 17.1. The van der Waals surface area contributed by atoms with E-state index < -0.39 is 4.92 Å². The van der Waals surface area contributed by atoms with Gasteiger partial charge in [0.2, 0.25) is 0 Å². The maximum Gasteiger partial charge on any atom is 0.269 e. The van der Waals surface area contributed by atoms with Gasteiger partial charge in [-0.2, -0.15) is 0 Å². The number of nitro groups is 1. The van der Waals surface area contributed by atoms with Crippen molar-refractivity contribution in [3.8, 4) is 11.5 Å². The maximum atomic E-state index is 10.6. The van der Waals surface area contributed by atoms with Crippen LogP contribution in [-0.2, 0) is 13.1 Å². The molecule has 0 amide bonds. The zero-order valence-corrected chi connectivity index (χ0v) is 13.6. The molecule has 0 fully saturated rings. The van der Waals surface area contributed by atoms with Gasteiger partial charge in [0.1, 0.15) is 0 Å². The van der Waals surface area contributed by atoms with Crippen molar-refractivity contribution in [3.63, 3.8) is 0 Å². The summed E-state index contributed by atoms with van der Waals surface area (Å²) in [5, 5.41) is 14.4. The van der Waals surface area contributed by atoms with Crippen LogP contribution >= 0.6 is 11.6 Å². The number of hydrogen-bond acceptors (Lipinski definition) is 5. The van der Waals surface area contributed by atoms with Crippen molar-refractivity contribution in [1.29, 1.82) is 0 Å². The Hall–Kier alpha value is -2.31. The lowest BCUT2D eigenvalue weighted by atomic mass is 10.1. The second-order valence-corrected chi connectivity index (χ2v) is 5.25. The molecule has 0 radical (unpaired) electrons. The van der Waals surface area contributed by atoms with Crippen molar-refractivity contribution in [1.82, 2.24) is 5.32 Å². The fourth-order valence-electron chi connectivity index (χ4n) is 2.16. The highest BCUT2D eigenvalue weighted by Gasteiger charge is 2.10. The molecule has 0 bridgehead atoms. The molecule has 0 atom stereocenters. The van der Waals surface area contributed by atoms with Gasteiger partial charge >= 0.3 is 0 Å². The first-order chi connectivity index (χ1) is 11.0. The van der Waals surface area contributed by atoms with Crippen LogP contribution in [-0.4, -0.2) is 19.1 Å². The Morgan fingerprint density at radius 3 is 2.30 bits per heavy atom. The van der Waals surface area contributed by atoms with Crippen molar-refractivity contribution >= 4 is 17.3 Å². The minimum absolute atomic E-state index is 0.0837. The zero-order chi connectivity index (χ0) is 16.8. The van der Waals surface area contributed by atoms with Crippen LogP contribution < -0.4 is 14.8 Å². The highest BCUT2D eigenvalue weighted by atomic mass is 35.5. The van der Waals surface area contributed by atoms with Gasteiger partial charge in [-0.25, -0.2) is 0 Å². The molecule has 2 aromatic carbocycles. The Bertz CT molecular complexity index is 689. The molecule has 7 heteroatoms. The molecule has 0 aliphatic rings. The Labute approximate surface area is 139 Å². The number of halogens is 1. The number of non-ortho nitro benzene ring substituents is 1. The van der Waals surface area contributed by atoms with Gasteiger partial charge in [-0.3, -0.25) is 10.1 Å². The van der Waals surface area contributed by atoms with E-state index in [9.17, 15) is 10.1 Å². The summed E-state index contributed by atoms with van der Waals surface area (Å²) in [6.45, 7) is 1.17. The van der Waals surface area contributed by atoms with E-state index in [1.165, 1.54) is 19.2 Å². The van der Waals surface area contributed by atoms with E-state index in [2.05, 4.69) is 5.32 Å². The summed E-state index contributed by atoms with van der Waals surface area (Å²) < 4.78 is 10.5. The Balaban J connectivity index is 1.98. The SMILES string of the molecule is COc1cc(CNCc2ccc([N+](=O)[O-])cc2)cc(Cl)c1OC. The quantitative estimate of drug-likeness (QED) is 0.618. The highest BCUT2D eigenvalue weighted by molar-refractivity contribution is 6.32. The van der Waals surface area contributed by atoms with Gasteiger partial charge in [-0.05, 0) is 23.3 Å². The molecule has 0 saturated carbocycles. The lowest BCUT2D eigenvalue weighted by Crippen LogP contribution is -2.12. The molecule has 0 unspecified atom stereocenters. The van der Waals surface area contributed by atoms with E-state index >= 15 is 0 Å². The molecular weight excluding hydrogens is 320 g/mol. The van der Waals surface area contributed by atoms with E-state index in [0.29, 0.717) is 29.6 Å². The van der Waals surface area contributed by atoms with Crippen molar-refractivity contribution in [3.05, 3.63) is 62.7 Å². The zero-order valence-electron chi connectivity index (χ0n) is 12.8. The summed E-state index contributed by atoms with van der Waals surface area (Å²) in [6, 6.07) is 10.1. The molecular formula is C16H17ClN2O4. The standard InChI is InChI=1S/C16H17ClN2O4/c1-22-15-8-12(7-14(17)16(15)23-2)10-18-9-11-3-5-13(6-4-11)19(20)21/h3-8,18H,9-10H2,1-2H3. The average Bonchev–Trinajstić information content (AvgIpc) is 2.54. The third-order valence-corrected chi connectivity index (χ3v) is 3.58. The van der Waals surface area contributed by atoms with Gasteiger partial charge in [-0.1, -0.05) is 23.7 Å². The molecule has 0 saturated heterocycles. The minimum atomic E-state index is -0.414. The Morgan fingerprint density at radius 2 is 1.74 bits per heavy atom. The van der Waals surface area contributed by atoms with Crippen LogP contribution in [0.1, 0.15) is 11.1 Å². The number of methoxy groups -OCH3 is 2. The summed E-state index contributed by atoms with van der Waals surface area (Å²) in [5.41, 5.74) is 2.00. The van der Waals surface area contributed by atoms with Crippen LogP contribution in [0.15, 0.2) is 36.4 Å². The lowest BCUT2D eigenvalue weighted by molar-refractivity contribution is -0.384. The van der Waals surface area contributed by atoms with Crippen LogP contribution in [0.5, 0.6) is 11.5 Å². The average molecular weight is 337 g/mol. The van der Waals surface area contributed by atoms with Crippen molar-refractivity contribution in [2.24, 2.45) is 0 Å². The number of hydrogen-bond donors (Lipinski definition) is 1. The molecule has 23 heavy (non-hydrogen) atoms. The minimum Gasteiger partial charge on any atom is -0.493 e. The van der Waals surface area contributed by atoms with Gasteiger partial charge < -0.3 is 14.8 Å². The van der Waals surface area contributed by atoms with E-state index in [1.807, 2.05) is 12.1 Å². The first-order valence-corrected chi connectivity index (χ1v) is 7.27. The summed E-state index contributed by atoms with van der Waals surface area (Å²) in [6.07, 6.45) is 0. The van der Waals surface area contributed by atoms with Gasteiger partial charge in [0.25, 0.3) is 5.69 Å². The fourth-order valence-corrected chi connectivity index (χ4v) is 2.47. The summed E-state index contributed by atoms with van der Waals surface area (Å²) in [5.74, 6) is 1.08. The molecule has 0 aromatic heterocycles. The maximum absolute atomic E-state index is 10.6. The van der Waals surface area contributed by atoms with Crippen molar-refractivity contribution in [2.45, 2.75) is 13.1 Å². The van der Waals surface area contributed by atoms with Crippen LogP contribution in [0.2, 0.25) is 5.02 Å². The number of rotatable bonds is 7. The normalized spacial score (nSPS) is 10.4. The second-order valence-electron chi connectivity index (χ2n) is 4.84. The third kappa shape index (κ3) is 4.34. The predicted octanol–water partition coefficient (Wildman–Crippen LogP) is 3.56. The number of nitrogens with zero attached hydrogens (tertiary/aromatic N) is 1. The van der Waals surface area contributed by atoms with Crippen LogP contribution in [0.25, 0.3) is 0 Å².